The first kappa shape index (κ1) is 13.0. The molecule has 0 aliphatic heterocycles. The molecule has 4 heteroatoms. The van der Waals surface area contributed by atoms with Gasteiger partial charge < -0.3 is 10.4 Å². The van der Waals surface area contributed by atoms with Crippen molar-refractivity contribution in [2.75, 3.05) is 6.54 Å². The molecule has 1 heterocycles. The first-order valence-corrected chi connectivity index (χ1v) is 6.57. The summed E-state index contributed by atoms with van der Waals surface area (Å²) < 4.78 is 0. The van der Waals surface area contributed by atoms with Gasteiger partial charge in [-0.25, -0.2) is 4.98 Å². The molecule has 1 fully saturated rings. The number of pyridine rings is 1. The molecule has 1 aliphatic rings. The van der Waals surface area contributed by atoms with Gasteiger partial charge in [-0.1, -0.05) is 18.9 Å². The van der Waals surface area contributed by atoms with E-state index in [1.54, 1.807) is 6.07 Å². The molecule has 1 aromatic heterocycles. The molecule has 1 saturated carbocycles. The van der Waals surface area contributed by atoms with Crippen LogP contribution in [0.15, 0.2) is 18.2 Å². The van der Waals surface area contributed by atoms with Crippen molar-refractivity contribution >= 4 is 5.91 Å². The normalized spacial score (nSPS) is 23.7. The maximum Gasteiger partial charge on any atom is 0.269 e. The molecule has 1 aromatic rings. The van der Waals surface area contributed by atoms with Gasteiger partial charge in [0, 0.05) is 18.2 Å². The highest BCUT2D eigenvalue weighted by atomic mass is 16.3. The predicted octanol–water partition coefficient (Wildman–Crippen LogP) is 1.67. The molecule has 2 unspecified atom stereocenters. The third kappa shape index (κ3) is 3.29. The average Bonchev–Trinajstić information content (AvgIpc) is 2.37. The van der Waals surface area contributed by atoms with Crippen molar-refractivity contribution in [3.63, 3.8) is 0 Å². The first-order chi connectivity index (χ1) is 8.66. The van der Waals surface area contributed by atoms with E-state index in [-0.39, 0.29) is 17.9 Å². The van der Waals surface area contributed by atoms with E-state index in [4.69, 9.17) is 0 Å². The summed E-state index contributed by atoms with van der Waals surface area (Å²) in [4.78, 5) is 16.1. The zero-order chi connectivity index (χ0) is 13.0. The van der Waals surface area contributed by atoms with E-state index in [1.165, 1.54) is 0 Å². The molecular formula is C14H20N2O2. The molecule has 0 saturated heterocycles. The van der Waals surface area contributed by atoms with E-state index < -0.39 is 0 Å². The Morgan fingerprint density at radius 1 is 1.44 bits per heavy atom. The summed E-state index contributed by atoms with van der Waals surface area (Å²) in [5.74, 6) is 0.0315. The average molecular weight is 248 g/mol. The minimum Gasteiger partial charge on any atom is -0.393 e. The molecule has 4 nitrogen and oxygen atoms in total. The Morgan fingerprint density at radius 2 is 2.22 bits per heavy atom. The second kappa shape index (κ2) is 5.96. The molecular weight excluding hydrogens is 228 g/mol. The Morgan fingerprint density at radius 3 is 2.94 bits per heavy atom. The molecule has 2 N–H and O–H groups in total. The number of hydrogen-bond donors (Lipinski definition) is 2. The van der Waals surface area contributed by atoms with E-state index in [0.29, 0.717) is 12.2 Å². The van der Waals surface area contributed by atoms with Gasteiger partial charge in [-0.3, -0.25) is 4.79 Å². The van der Waals surface area contributed by atoms with Crippen LogP contribution in [0.1, 0.15) is 41.9 Å². The zero-order valence-electron chi connectivity index (χ0n) is 10.7. The molecule has 2 atom stereocenters. The molecule has 1 aliphatic carbocycles. The van der Waals surface area contributed by atoms with Crippen LogP contribution < -0.4 is 5.32 Å². The van der Waals surface area contributed by atoms with Crippen LogP contribution in [-0.4, -0.2) is 28.6 Å². The van der Waals surface area contributed by atoms with Gasteiger partial charge in [-0.2, -0.15) is 0 Å². The first-order valence-electron chi connectivity index (χ1n) is 6.57. The predicted molar refractivity (Wildman–Crippen MR) is 69.3 cm³/mol. The third-order valence-corrected chi connectivity index (χ3v) is 3.51. The molecule has 0 spiro atoms. The van der Waals surface area contributed by atoms with E-state index in [9.17, 15) is 9.90 Å². The van der Waals surface area contributed by atoms with Gasteiger partial charge in [0.1, 0.15) is 5.69 Å². The van der Waals surface area contributed by atoms with Crippen LogP contribution >= 0.6 is 0 Å². The number of carbonyl (C=O) groups is 1. The molecule has 0 bridgehead atoms. The van der Waals surface area contributed by atoms with Crippen molar-refractivity contribution in [1.29, 1.82) is 0 Å². The summed E-state index contributed by atoms with van der Waals surface area (Å²) in [5, 5.41) is 12.7. The fourth-order valence-electron chi connectivity index (χ4n) is 2.41. The summed E-state index contributed by atoms with van der Waals surface area (Å²) in [6.45, 7) is 2.40. The highest BCUT2D eigenvalue weighted by Crippen LogP contribution is 2.23. The van der Waals surface area contributed by atoms with Gasteiger partial charge in [0.25, 0.3) is 5.91 Å². The van der Waals surface area contributed by atoms with Crippen LogP contribution in [0, 0.1) is 12.8 Å². The summed E-state index contributed by atoms with van der Waals surface area (Å²) in [6, 6.07) is 5.40. The van der Waals surface area contributed by atoms with Gasteiger partial charge in [0.15, 0.2) is 0 Å². The van der Waals surface area contributed by atoms with E-state index in [1.807, 2.05) is 19.1 Å². The lowest BCUT2D eigenvalue weighted by molar-refractivity contribution is 0.0661. The summed E-state index contributed by atoms with van der Waals surface area (Å²) in [5.41, 5.74) is 1.28. The minimum absolute atomic E-state index is 0.156. The van der Waals surface area contributed by atoms with Crippen molar-refractivity contribution < 1.29 is 9.90 Å². The molecule has 1 amide bonds. The largest absolute Gasteiger partial charge is 0.393 e. The van der Waals surface area contributed by atoms with Crippen LogP contribution in [-0.2, 0) is 0 Å². The van der Waals surface area contributed by atoms with Gasteiger partial charge in [-0.15, -0.1) is 0 Å². The topological polar surface area (TPSA) is 62.2 Å². The van der Waals surface area contributed by atoms with Crippen LogP contribution in [0.5, 0.6) is 0 Å². The van der Waals surface area contributed by atoms with Gasteiger partial charge in [-0.05, 0) is 31.9 Å². The van der Waals surface area contributed by atoms with Gasteiger partial charge in [0.05, 0.1) is 6.10 Å². The van der Waals surface area contributed by atoms with Gasteiger partial charge >= 0.3 is 0 Å². The van der Waals surface area contributed by atoms with Crippen molar-refractivity contribution in [2.24, 2.45) is 5.92 Å². The lowest BCUT2D eigenvalue weighted by Crippen LogP contribution is -2.37. The van der Waals surface area contributed by atoms with Crippen molar-refractivity contribution in [3.05, 3.63) is 29.6 Å². The van der Waals surface area contributed by atoms with Crippen molar-refractivity contribution in [2.45, 2.75) is 38.7 Å². The Balaban J connectivity index is 1.88. The van der Waals surface area contributed by atoms with E-state index >= 15 is 0 Å². The Labute approximate surface area is 107 Å². The second-order valence-electron chi connectivity index (χ2n) is 4.99. The van der Waals surface area contributed by atoms with Crippen LogP contribution in [0.4, 0.5) is 0 Å². The van der Waals surface area contributed by atoms with Gasteiger partial charge in [0.2, 0.25) is 0 Å². The smallest absolute Gasteiger partial charge is 0.269 e. The van der Waals surface area contributed by atoms with E-state index in [0.717, 1.165) is 31.4 Å². The number of carbonyl (C=O) groups excluding carboxylic acids is 1. The third-order valence-electron chi connectivity index (χ3n) is 3.51. The SMILES string of the molecule is Cc1cccc(C(=O)NCC2CCCCC2O)n1. The quantitative estimate of drug-likeness (QED) is 0.855. The van der Waals surface area contributed by atoms with Crippen LogP contribution in [0.3, 0.4) is 0 Å². The molecule has 18 heavy (non-hydrogen) atoms. The number of aryl methyl sites for hydroxylation is 1. The van der Waals surface area contributed by atoms with Crippen molar-refractivity contribution in [1.82, 2.24) is 10.3 Å². The zero-order valence-corrected chi connectivity index (χ0v) is 10.7. The second-order valence-corrected chi connectivity index (χ2v) is 4.99. The molecule has 2 rings (SSSR count). The number of rotatable bonds is 3. The number of aromatic nitrogens is 1. The molecule has 0 aromatic carbocycles. The molecule has 98 valence electrons. The minimum atomic E-state index is -0.274. The highest BCUT2D eigenvalue weighted by molar-refractivity contribution is 5.92. The lowest BCUT2D eigenvalue weighted by Gasteiger charge is -2.27. The Kier molecular flexibility index (Phi) is 4.31. The fraction of sp³-hybridized carbons (Fsp3) is 0.571. The van der Waals surface area contributed by atoms with Crippen LogP contribution in [0.2, 0.25) is 0 Å². The number of nitrogens with zero attached hydrogens (tertiary/aromatic N) is 1. The highest BCUT2D eigenvalue weighted by Gasteiger charge is 2.23. The number of hydrogen-bond acceptors (Lipinski definition) is 3. The van der Waals surface area contributed by atoms with Crippen LogP contribution in [0.25, 0.3) is 0 Å². The number of amides is 1. The monoisotopic (exact) mass is 248 g/mol. The fourth-order valence-corrected chi connectivity index (χ4v) is 2.41. The Bertz CT molecular complexity index is 420. The summed E-state index contributed by atoms with van der Waals surface area (Å²) in [7, 11) is 0. The maximum atomic E-state index is 11.9. The lowest BCUT2D eigenvalue weighted by atomic mass is 9.86. The Hall–Kier alpha value is -1.42. The standard InChI is InChI=1S/C14H20N2O2/c1-10-5-4-7-12(16-10)14(18)15-9-11-6-2-3-8-13(11)17/h4-5,7,11,13,17H,2-3,6,8-9H2,1H3,(H,15,18). The summed E-state index contributed by atoms with van der Waals surface area (Å²) >= 11 is 0. The number of aliphatic hydroxyl groups excluding tert-OH is 1. The summed E-state index contributed by atoms with van der Waals surface area (Å²) in [6.07, 6.45) is 3.79. The van der Waals surface area contributed by atoms with Crippen molar-refractivity contribution in [3.8, 4) is 0 Å². The maximum absolute atomic E-state index is 11.9. The molecule has 0 radical (unpaired) electrons. The van der Waals surface area contributed by atoms with E-state index in [2.05, 4.69) is 10.3 Å². The number of aliphatic hydroxyl groups is 1. The number of nitrogens with one attached hydrogen (secondary N) is 1.